The Kier molecular flexibility index (Phi) is 7.25. The molecule has 8 nitrogen and oxygen atoms in total. The highest BCUT2D eigenvalue weighted by atomic mass is 35.5. The first-order valence-corrected chi connectivity index (χ1v) is 12.9. The monoisotopic (exact) mass is 493 g/mol. The fourth-order valence-electron chi connectivity index (χ4n) is 4.11. The molecule has 0 atom stereocenters. The van der Waals surface area contributed by atoms with Crippen molar-refractivity contribution in [3.63, 3.8) is 0 Å². The number of hydrogen-bond acceptors (Lipinski definition) is 5. The molecule has 2 N–H and O–H groups in total. The molecule has 0 unspecified atom stereocenters. The number of likely N-dealkylation sites (N-methyl/N-ethyl adjacent to an activating group) is 1. The lowest BCUT2D eigenvalue weighted by Gasteiger charge is -2.33. The molecule has 0 saturated carbocycles. The van der Waals surface area contributed by atoms with E-state index >= 15 is 0 Å². The fraction of sp³-hybridized carbons (Fsp3) is 0.435. The highest BCUT2D eigenvalue weighted by Crippen LogP contribution is 2.31. The first-order chi connectivity index (χ1) is 15.8. The van der Waals surface area contributed by atoms with Crippen molar-refractivity contribution >= 4 is 38.9 Å². The molecule has 33 heavy (non-hydrogen) atoms. The van der Waals surface area contributed by atoms with Gasteiger partial charge in [0.2, 0.25) is 10.0 Å². The van der Waals surface area contributed by atoms with Gasteiger partial charge in [0.15, 0.2) is 0 Å². The SMILES string of the molecule is Cc1c(Cl)cccc1NC(=O)c1ccc(N2CCOCC2)c(S(=O)(=O)N2CC[NH+](C)CC2)c1. The first-order valence-electron chi connectivity index (χ1n) is 11.1. The number of hydrogen-bond donors (Lipinski definition) is 2. The van der Waals surface area contributed by atoms with Crippen LogP contribution in [0.5, 0.6) is 0 Å². The summed E-state index contributed by atoms with van der Waals surface area (Å²) in [5.41, 5.74) is 2.24. The number of halogens is 1. The number of ether oxygens (including phenoxy) is 1. The smallest absolute Gasteiger partial charge is 0.255 e. The van der Waals surface area contributed by atoms with Crippen LogP contribution in [-0.2, 0) is 14.8 Å². The molecule has 0 radical (unpaired) electrons. The lowest BCUT2D eigenvalue weighted by Crippen LogP contribution is -3.12. The number of rotatable bonds is 5. The van der Waals surface area contributed by atoms with Gasteiger partial charge in [-0.1, -0.05) is 17.7 Å². The molecule has 0 bridgehead atoms. The molecule has 2 fully saturated rings. The van der Waals surface area contributed by atoms with Crippen LogP contribution in [0, 0.1) is 6.92 Å². The van der Waals surface area contributed by atoms with Crippen LogP contribution in [0.2, 0.25) is 5.02 Å². The Morgan fingerprint density at radius 3 is 2.48 bits per heavy atom. The van der Waals surface area contributed by atoms with E-state index in [9.17, 15) is 13.2 Å². The van der Waals surface area contributed by atoms with Gasteiger partial charge in [-0.3, -0.25) is 4.79 Å². The maximum atomic E-state index is 13.7. The quantitative estimate of drug-likeness (QED) is 0.655. The van der Waals surface area contributed by atoms with Crippen molar-refractivity contribution in [2.75, 3.05) is 69.7 Å². The molecule has 178 valence electrons. The average molecular weight is 494 g/mol. The lowest BCUT2D eigenvalue weighted by molar-refractivity contribution is -0.883. The third kappa shape index (κ3) is 5.17. The molecular weight excluding hydrogens is 464 g/mol. The molecule has 2 saturated heterocycles. The number of nitrogens with zero attached hydrogens (tertiary/aromatic N) is 2. The van der Waals surface area contributed by atoms with E-state index in [1.807, 2.05) is 11.8 Å². The topological polar surface area (TPSA) is 83.4 Å². The Morgan fingerprint density at radius 1 is 1.09 bits per heavy atom. The Balaban J connectivity index is 1.70. The highest BCUT2D eigenvalue weighted by molar-refractivity contribution is 7.89. The number of carbonyl (C=O) groups is 1. The van der Waals surface area contributed by atoms with Crippen molar-refractivity contribution in [1.29, 1.82) is 0 Å². The van der Waals surface area contributed by atoms with Crippen LogP contribution in [0.1, 0.15) is 15.9 Å². The van der Waals surface area contributed by atoms with Gasteiger partial charge >= 0.3 is 0 Å². The van der Waals surface area contributed by atoms with Crippen molar-refractivity contribution in [3.05, 3.63) is 52.5 Å². The van der Waals surface area contributed by atoms with E-state index in [4.69, 9.17) is 16.3 Å². The first kappa shape index (κ1) is 24.0. The molecule has 2 aromatic rings. The number of sulfonamides is 1. The van der Waals surface area contributed by atoms with Gasteiger partial charge in [-0.2, -0.15) is 4.31 Å². The minimum atomic E-state index is -3.77. The van der Waals surface area contributed by atoms with E-state index in [0.717, 1.165) is 18.7 Å². The zero-order chi connectivity index (χ0) is 23.6. The van der Waals surface area contributed by atoms with Crippen LogP contribution >= 0.6 is 11.6 Å². The van der Waals surface area contributed by atoms with E-state index in [0.29, 0.717) is 55.8 Å². The summed E-state index contributed by atoms with van der Waals surface area (Å²) in [6.07, 6.45) is 0. The van der Waals surface area contributed by atoms with E-state index in [1.165, 1.54) is 15.3 Å². The summed E-state index contributed by atoms with van der Waals surface area (Å²) < 4.78 is 34.4. The van der Waals surface area contributed by atoms with Gasteiger partial charge in [0.1, 0.15) is 4.90 Å². The van der Waals surface area contributed by atoms with Gasteiger partial charge in [-0.15, -0.1) is 0 Å². The maximum absolute atomic E-state index is 13.7. The second-order valence-electron chi connectivity index (χ2n) is 8.51. The normalized spacial score (nSPS) is 18.3. The largest absolute Gasteiger partial charge is 0.378 e. The summed E-state index contributed by atoms with van der Waals surface area (Å²) >= 11 is 6.18. The van der Waals surface area contributed by atoms with Crippen molar-refractivity contribution in [2.24, 2.45) is 0 Å². The van der Waals surface area contributed by atoms with Gasteiger partial charge in [0.25, 0.3) is 5.91 Å². The van der Waals surface area contributed by atoms with Crippen LogP contribution in [0.25, 0.3) is 0 Å². The standard InChI is InChI=1S/C23H29ClN4O4S/c1-17-19(24)4-3-5-20(17)25-23(29)18-6-7-21(27-12-14-32-15-13-27)22(16-18)33(30,31)28-10-8-26(2)9-11-28/h3-7,16H,8-15H2,1-2H3,(H,25,29)/p+1. The second-order valence-corrected chi connectivity index (χ2v) is 10.8. The van der Waals surface area contributed by atoms with Crippen molar-refractivity contribution < 1.29 is 22.8 Å². The van der Waals surface area contributed by atoms with Crippen molar-refractivity contribution in [1.82, 2.24) is 4.31 Å². The van der Waals surface area contributed by atoms with Crippen LogP contribution in [0.3, 0.4) is 0 Å². The fourth-order valence-corrected chi connectivity index (χ4v) is 5.97. The molecule has 0 aromatic heterocycles. The zero-order valence-electron chi connectivity index (χ0n) is 18.9. The summed E-state index contributed by atoms with van der Waals surface area (Å²) in [6.45, 7) is 6.50. The van der Waals surface area contributed by atoms with Crippen LogP contribution in [0.4, 0.5) is 11.4 Å². The second kappa shape index (κ2) is 9.99. The van der Waals surface area contributed by atoms with Gasteiger partial charge in [-0.25, -0.2) is 8.42 Å². The minimum absolute atomic E-state index is 0.166. The number of anilines is 2. The Hall–Kier alpha value is -2.17. The molecule has 2 aliphatic rings. The van der Waals surface area contributed by atoms with E-state index in [-0.39, 0.29) is 16.4 Å². The number of carbonyl (C=O) groups excluding carboxylic acids is 1. The molecule has 2 heterocycles. The minimum Gasteiger partial charge on any atom is -0.378 e. The molecule has 0 spiro atoms. The van der Waals surface area contributed by atoms with Gasteiger partial charge in [0, 0.05) is 29.4 Å². The molecule has 10 heteroatoms. The van der Waals surface area contributed by atoms with Gasteiger partial charge < -0.3 is 19.9 Å². The Morgan fingerprint density at radius 2 is 1.79 bits per heavy atom. The number of quaternary nitrogens is 1. The summed E-state index contributed by atoms with van der Waals surface area (Å²) in [7, 11) is -1.71. The molecule has 2 aliphatic heterocycles. The van der Waals surface area contributed by atoms with Crippen molar-refractivity contribution in [2.45, 2.75) is 11.8 Å². The summed E-state index contributed by atoms with van der Waals surface area (Å²) in [6, 6.07) is 10.2. The van der Waals surface area contributed by atoms with E-state index < -0.39 is 10.0 Å². The van der Waals surface area contributed by atoms with Crippen LogP contribution < -0.4 is 15.1 Å². The highest BCUT2D eigenvalue weighted by Gasteiger charge is 2.33. The molecular formula is C23H30ClN4O4S+. The maximum Gasteiger partial charge on any atom is 0.255 e. The molecule has 1 amide bonds. The van der Waals surface area contributed by atoms with Crippen LogP contribution in [-0.4, -0.2) is 78.2 Å². The number of nitrogens with one attached hydrogen (secondary N) is 2. The molecule has 4 rings (SSSR count). The zero-order valence-corrected chi connectivity index (χ0v) is 20.5. The number of piperazine rings is 1. The number of amides is 1. The van der Waals surface area contributed by atoms with E-state index in [1.54, 1.807) is 30.3 Å². The lowest BCUT2D eigenvalue weighted by atomic mass is 10.1. The van der Waals surface area contributed by atoms with Gasteiger partial charge in [-0.05, 0) is 42.8 Å². The third-order valence-electron chi connectivity index (χ3n) is 6.28. The average Bonchev–Trinajstić information content (AvgIpc) is 2.82. The summed E-state index contributed by atoms with van der Waals surface area (Å²) in [4.78, 5) is 16.6. The van der Waals surface area contributed by atoms with Gasteiger partial charge in [0.05, 0.1) is 52.1 Å². The van der Waals surface area contributed by atoms with Crippen molar-refractivity contribution in [3.8, 4) is 0 Å². The van der Waals surface area contributed by atoms with E-state index in [2.05, 4.69) is 12.4 Å². The van der Waals surface area contributed by atoms with Crippen LogP contribution in [0.15, 0.2) is 41.3 Å². The number of morpholine rings is 1. The summed E-state index contributed by atoms with van der Waals surface area (Å²) in [5, 5.41) is 3.41. The Bertz CT molecular complexity index is 1130. The summed E-state index contributed by atoms with van der Waals surface area (Å²) in [5.74, 6) is -0.381. The molecule has 0 aliphatic carbocycles. The predicted octanol–water partition coefficient (Wildman–Crippen LogP) is 1.26. The predicted molar refractivity (Wildman–Crippen MR) is 129 cm³/mol. The number of benzene rings is 2. The Labute approximate surface area is 200 Å². The molecule has 2 aromatic carbocycles. The third-order valence-corrected chi connectivity index (χ3v) is 8.62.